The average molecular weight is 434 g/mol. The summed E-state index contributed by atoms with van der Waals surface area (Å²) in [6.07, 6.45) is 5.10. The van der Waals surface area contributed by atoms with Crippen LogP contribution in [-0.4, -0.2) is 57.0 Å². The van der Waals surface area contributed by atoms with Crippen LogP contribution in [0.2, 0.25) is 5.02 Å². The molecule has 8 nitrogen and oxygen atoms in total. The number of hydrogen-bond acceptors (Lipinski definition) is 5. The number of carbonyl (C=O) groups is 1. The van der Waals surface area contributed by atoms with Crippen molar-refractivity contribution < 1.29 is 4.79 Å². The van der Waals surface area contributed by atoms with E-state index in [4.69, 9.17) is 11.6 Å². The maximum absolute atomic E-state index is 12.6. The van der Waals surface area contributed by atoms with Gasteiger partial charge in [-0.15, -0.1) is 0 Å². The molecule has 2 amide bonds. The number of H-pyrrole nitrogens is 1. The van der Waals surface area contributed by atoms with Crippen molar-refractivity contribution in [1.29, 1.82) is 0 Å². The molecule has 0 bridgehead atoms. The monoisotopic (exact) mass is 433 g/mol. The SMILES string of the molecule is O=C(Nc1ccc(Cl)cc1)N1CCN(c2ncnc3[nH]c(-c4ccncc4)cc23)CC1. The lowest BCUT2D eigenvalue weighted by molar-refractivity contribution is 0.208. The first-order valence-electron chi connectivity index (χ1n) is 9.98. The number of urea groups is 1. The number of halogens is 1. The number of hydrogen-bond donors (Lipinski definition) is 2. The lowest BCUT2D eigenvalue weighted by atomic mass is 10.2. The van der Waals surface area contributed by atoms with E-state index in [1.807, 2.05) is 17.0 Å². The van der Waals surface area contributed by atoms with Gasteiger partial charge >= 0.3 is 6.03 Å². The van der Waals surface area contributed by atoms with Gasteiger partial charge in [0.25, 0.3) is 0 Å². The number of aromatic nitrogens is 4. The molecule has 0 atom stereocenters. The number of nitrogens with zero attached hydrogens (tertiary/aromatic N) is 5. The molecule has 1 aliphatic heterocycles. The fourth-order valence-corrected chi connectivity index (χ4v) is 3.85. The zero-order valence-electron chi connectivity index (χ0n) is 16.6. The zero-order valence-corrected chi connectivity index (χ0v) is 17.4. The number of amides is 2. The van der Waals surface area contributed by atoms with Gasteiger partial charge in [0.1, 0.15) is 17.8 Å². The molecule has 0 aliphatic carbocycles. The summed E-state index contributed by atoms with van der Waals surface area (Å²) in [7, 11) is 0. The molecule has 0 unspecified atom stereocenters. The normalized spacial score (nSPS) is 14.1. The van der Waals surface area contributed by atoms with Crippen molar-refractivity contribution in [3.05, 3.63) is 66.2 Å². The van der Waals surface area contributed by atoms with Gasteiger partial charge in [0.15, 0.2) is 0 Å². The number of aromatic amines is 1. The van der Waals surface area contributed by atoms with Crippen molar-refractivity contribution in [2.75, 3.05) is 36.4 Å². The van der Waals surface area contributed by atoms with E-state index >= 15 is 0 Å². The van der Waals surface area contributed by atoms with E-state index in [2.05, 4.69) is 36.2 Å². The lowest BCUT2D eigenvalue weighted by Gasteiger charge is -2.35. The number of carbonyl (C=O) groups excluding carboxylic acids is 1. The molecule has 4 heterocycles. The van der Waals surface area contributed by atoms with E-state index in [-0.39, 0.29) is 6.03 Å². The molecule has 0 spiro atoms. The van der Waals surface area contributed by atoms with E-state index < -0.39 is 0 Å². The number of anilines is 2. The van der Waals surface area contributed by atoms with E-state index in [1.54, 1.807) is 43.0 Å². The van der Waals surface area contributed by atoms with Crippen molar-refractivity contribution in [3.8, 4) is 11.3 Å². The van der Waals surface area contributed by atoms with Gasteiger partial charge in [0, 0.05) is 60.5 Å². The van der Waals surface area contributed by atoms with Crippen LogP contribution in [0.1, 0.15) is 0 Å². The third-order valence-corrected chi connectivity index (χ3v) is 5.61. The van der Waals surface area contributed by atoms with Gasteiger partial charge in [-0.05, 0) is 42.5 Å². The fourth-order valence-electron chi connectivity index (χ4n) is 3.72. The molecular weight excluding hydrogens is 414 g/mol. The van der Waals surface area contributed by atoms with Crippen LogP contribution in [0.15, 0.2) is 61.2 Å². The molecule has 3 aromatic heterocycles. The van der Waals surface area contributed by atoms with Crippen LogP contribution >= 0.6 is 11.6 Å². The quantitative estimate of drug-likeness (QED) is 0.509. The van der Waals surface area contributed by atoms with Crippen molar-refractivity contribution in [3.63, 3.8) is 0 Å². The standard InChI is InChI=1S/C22H20ClN7O/c23-16-1-3-17(4-2-16)27-22(31)30-11-9-29(10-12-30)21-18-13-19(15-5-7-24-8-6-15)28-20(18)25-14-26-21/h1-8,13-14H,9-12H2,(H,27,31)(H,25,26,28). The van der Waals surface area contributed by atoms with E-state index in [0.29, 0.717) is 31.2 Å². The third kappa shape index (κ3) is 4.02. The Labute approximate surface area is 183 Å². The Morgan fingerprint density at radius 2 is 1.74 bits per heavy atom. The lowest BCUT2D eigenvalue weighted by Crippen LogP contribution is -2.50. The Bertz CT molecular complexity index is 1200. The fraction of sp³-hybridized carbons (Fsp3) is 0.182. The van der Waals surface area contributed by atoms with Gasteiger partial charge in [-0.1, -0.05) is 11.6 Å². The van der Waals surface area contributed by atoms with Crippen LogP contribution in [0, 0.1) is 0 Å². The Kier molecular flexibility index (Phi) is 5.13. The minimum Gasteiger partial charge on any atom is -0.352 e. The molecule has 2 N–H and O–H groups in total. The molecule has 1 fully saturated rings. The van der Waals surface area contributed by atoms with Gasteiger partial charge in [0.05, 0.1) is 5.39 Å². The maximum atomic E-state index is 12.6. The molecule has 0 radical (unpaired) electrons. The highest BCUT2D eigenvalue weighted by atomic mass is 35.5. The van der Waals surface area contributed by atoms with Crippen molar-refractivity contribution in [2.45, 2.75) is 0 Å². The summed E-state index contributed by atoms with van der Waals surface area (Å²) in [5.41, 5.74) is 3.53. The van der Waals surface area contributed by atoms with Crippen LogP contribution in [0.4, 0.5) is 16.3 Å². The number of piperazine rings is 1. The number of rotatable bonds is 3. The first kappa shape index (κ1) is 19.3. The van der Waals surface area contributed by atoms with Gasteiger partial charge in [0.2, 0.25) is 0 Å². The minimum absolute atomic E-state index is 0.114. The highest BCUT2D eigenvalue weighted by Crippen LogP contribution is 2.29. The third-order valence-electron chi connectivity index (χ3n) is 5.36. The largest absolute Gasteiger partial charge is 0.352 e. The summed E-state index contributed by atoms with van der Waals surface area (Å²) in [6, 6.07) is 13.0. The molecule has 1 saturated heterocycles. The highest BCUT2D eigenvalue weighted by Gasteiger charge is 2.24. The highest BCUT2D eigenvalue weighted by molar-refractivity contribution is 6.30. The molecule has 0 saturated carbocycles. The van der Waals surface area contributed by atoms with E-state index in [9.17, 15) is 4.79 Å². The van der Waals surface area contributed by atoms with Crippen molar-refractivity contribution in [2.24, 2.45) is 0 Å². The van der Waals surface area contributed by atoms with Crippen molar-refractivity contribution >= 4 is 40.2 Å². The molecule has 1 aromatic carbocycles. The number of nitrogens with one attached hydrogen (secondary N) is 2. The Hall–Kier alpha value is -3.65. The molecule has 156 valence electrons. The summed E-state index contributed by atoms with van der Waals surface area (Å²) >= 11 is 5.90. The van der Waals surface area contributed by atoms with Crippen LogP contribution in [0.3, 0.4) is 0 Å². The van der Waals surface area contributed by atoms with Crippen LogP contribution in [0.25, 0.3) is 22.3 Å². The average Bonchev–Trinajstić information content (AvgIpc) is 3.26. The van der Waals surface area contributed by atoms with Crippen LogP contribution in [-0.2, 0) is 0 Å². The second kappa shape index (κ2) is 8.23. The zero-order chi connectivity index (χ0) is 21.2. The van der Waals surface area contributed by atoms with Gasteiger partial charge in [-0.3, -0.25) is 4.98 Å². The first-order valence-corrected chi connectivity index (χ1v) is 10.4. The van der Waals surface area contributed by atoms with Crippen LogP contribution in [0.5, 0.6) is 0 Å². The predicted molar refractivity (Wildman–Crippen MR) is 121 cm³/mol. The molecule has 5 rings (SSSR count). The summed E-state index contributed by atoms with van der Waals surface area (Å²) in [5, 5.41) is 4.52. The van der Waals surface area contributed by atoms with Gasteiger partial charge in [-0.25, -0.2) is 14.8 Å². The Morgan fingerprint density at radius 3 is 2.48 bits per heavy atom. The second-order valence-electron chi connectivity index (χ2n) is 7.29. The first-order chi connectivity index (χ1) is 15.2. The molecule has 1 aliphatic rings. The molecule has 31 heavy (non-hydrogen) atoms. The number of benzene rings is 1. The maximum Gasteiger partial charge on any atom is 0.321 e. The smallest absolute Gasteiger partial charge is 0.321 e. The molecule has 9 heteroatoms. The van der Waals surface area contributed by atoms with E-state index in [0.717, 1.165) is 33.8 Å². The molecule has 4 aromatic rings. The number of fused-ring (bicyclic) bond motifs is 1. The minimum atomic E-state index is -0.114. The summed E-state index contributed by atoms with van der Waals surface area (Å²) in [4.78, 5) is 33.0. The summed E-state index contributed by atoms with van der Waals surface area (Å²) < 4.78 is 0. The Morgan fingerprint density at radius 1 is 1.00 bits per heavy atom. The second-order valence-corrected chi connectivity index (χ2v) is 7.73. The predicted octanol–water partition coefficient (Wildman–Crippen LogP) is 4.03. The van der Waals surface area contributed by atoms with Gasteiger partial charge in [-0.2, -0.15) is 0 Å². The summed E-state index contributed by atoms with van der Waals surface area (Å²) in [6.45, 7) is 2.59. The van der Waals surface area contributed by atoms with Gasteiger partial charge < -0.3 is 20.1 Å². The Balaban J connectivity index is 1.29. The van der Waals surface area contributed by atoms with Crippen LogP contribution < -0.4 is 10.2 Å². The summed E-state index contributed by atoms with van der Waals surface area (Å²) in [5.74, 6) is 0.874. The van der Waals surface area contributed by atoms with E-state index in [1.165, 1.54) is 0 Å². The number of pyridine rings is 1. The topological polar surface area (TPSA) is 90.0 Å². The van der Waals surface area contributed by atoms with Crippen molar-refractivity contribution in [1.82, 2.24) is 24.8 Å². The molecular formula is C22H20ClN7O.